The maximum atomic E-state index is 12.7. The SMILES string of the molecule is CC/C(=C\CNO)c1cccc(OCc2nc(-c3ccc(C(F)(F)F)cc3)oc2C)c1. The van der Waals surface area contributed by atoms with Crippen molar-refractivity contribution in [3.05, 3.63) is 77.2 Å². The minimum absolute atomic E-state index is 0.156. The summed E-state index contributed by atoms with van der Waals surface area (Å²) in [6.07, 6.45) is -1.69. The van der Waals surface area contributed by atoms with Crippen LogP contribution in [0.3, 0.4) is 0 Å². The summed E-state index contributed by atoms with van der Waals surface area (Å²) in [5.74, 6) is 1.42. The molecule has 31 heavy (non-hydrogen) atoms. The van der Waals surface area contributed by atoms with E-state index < -0.39 is 11.7 Å². The smallest absolute Gasteiger partial charge is 0.416 e. The van der Waals surface area contributed by atoms with Crippen molar-refractivity contribution in [1.82, 2.24) is 10.5 Å². The highest BCUT2D eigenvalue weighted by Gasteiger charge is 2.30. The lowest BCUT2D eigenvalue weighted by molar-refractivity contribution is -0.137. The van der Waals surface area contributed by atoms with Gasteiger partial charge in [0.15, 0.2) is 0 Å². The van der Waals surface area contributed by atoms with E-state index in [-0.39, 0.29) is 12.5 Å². The Balaban J connectivity index is 1.72. The quantitative estimate of drug-likeness (QED) is 0.426. The van der Waals surface area contributed by atoms with E-state index in [9.17, 15) is 13.2 Å². The minimum atomic E-state index is -4.39. The predicted octanol–water partition coefficient (Wildman–Crippen LogP) is 6.02. The fraction of sp³-hybridized carbons (Fsp3) is 0.261. The molecule has 0 fully saturated rings. The monoisotopic (exact) mass is 432 g/mol. The molecule has 0 spiro atoms. The zero-order chi connectivity index (χ0) is 22.4. The summed E-state index contributed by atoms with van der Waals surface area (Å²) in [4.78, 5) is 4.38. The number of rotatable bonds is 8. The fourth-order valence-electron chi connectivity index (χ4n) is 3.06. The summed E-state index contributed by atoms with van der Waals surface area (Å²) in [5.41, 5.74) is 4.46. The number of allylic oxidation sites excluding steroid dienone is 1. The van der Waals surface area contributed by atoms with Crippen molar-refractivity contribution in [2.45, 2.75) is 33.1 Å². The maximum Gasteiger partial charge on any atom is 0.416 e. The Morgan fingerprint density at radius 1 is 1.19 bits per heavy atom. The number of aromatic nitrogens is 1. The van der Waals surface area contributed by atoms with Gasteiger partial charge in [0.25, 0.3) is 0 Å². The van der Waals surface area contributed by atoms with E-state index in [0.29, 0.717) is 29.3 Å². The van der Waals surface area contributed by atoms with Crippen LogP contribution in [0.5, 0.6) is 5.75 Å². The highest BCUT2D eigenvalue weighted by atomic mass is 19.4. The molecule has 2 aromatic carbocycles. The number of hydrogen-bond acceptors (Lipinski definition) is 5. The zero-order valence-electron chi connectivity index (χ0n) is 17.2. The zero-order valence-corrected chi connectivity index (χ0v) is 17.2. The van der Waals surface area contributed by atoms with E-state index in [4.69, 9.17) is 14.4 Å². The Kier molecular flexibility index (Phi) is 7.14. The molecule has 0 aliphatic carbocycles. The van der Waals surface area contributed by atoms with Crippen molar-refractivity contribution in [3.63, 3.8) is 0 Å². The van der Waals surface area contributed by atoms with Crippen molar-refractivity contribution in [2.75, 3.05) is 6.54 Å². The number of nitrogens with one attached hydrogen (secondary N) is 1. The van der Waals surface area contributed by atoms with Crippen molar-refractivity contribution < 1.29 is 27.5 Å². The summed E-state index contributed by atoms with van der Waals surface area (Å²) >= 11 is 0. The number of ether oxygens (including phenoxy) is 1. The number of benzene rings is 2. The van der Waals surface area contributed by atoms with Crippen LogP contribution >= 0.6 is 0 Å². The van der Waals surface area contributed by atoms with Gasteiger partial charge < -0.3 is 14.4 Å². The van der Waals surface area contributed by atoms with Gasteiger partial charge in [0, 0.05) is 12.1 Å². The van der Waals surface area contributed by atoms with E-state index in [2.05, 4.69) is 10.5 Å². The second kappa shape index (κ2) is 9.80. The maximum absolute atomic E-state index is 12.7. The first-order valence-electron chi connectivity index (χ1n) is 9.75. The first-order chi connectivity index (χ1) is 14.8. The predicted molar refractivity (Wildman–Crippen MR) is 111 cm³/mol. The summed E-state index contributed by atoms with van der Waals surface area (Å²) in [6.45, 7) is 4.26. The number of alkyl halides is 3. The molecule has 0 aliphatic rings. The second-order valence-electron chi connectivity index (χ2n) is 6.86. The fourth-order valence-corrected chi connectivity index (χ4v) is 3.06. The van der Waals surface area contributed by atoms with Crippen LogP contribution in [0.2, 0.25) is 0 Å². The van der Waals surface area contributed by atoms with Gasteiger partial charge in [-0.3, -0.25) is 0 Å². The molecule has 5 nitrogen and oxygen atoms in total. The second-order valence-corrected chi connectivity index (χ2v) is 6.86. The molecule has 0 amide bonds. The number of halogens is 3. The molecule has 0 bridgehead atoms. The third-order valence-corrected chi connectivity index (χ3v) is 4.75. The highest BCUT2D eigenvalue weighted by Crippen LogP contribution is 2.31. The Morgan fingerprint density at radius 2 is 1.94 bits per heavy atom. The molecule has 2 N–H and O–H groups in total. The summed E-state index contributed by atoms with van der Waals surface area (Å²) in [5, 5.41) is 8.80. The average Bonchev–Trinajstić information content (AvgIpc) is 3.13. The number of nitrogens with zero attached hydrogens (tertiary/aromatic N) is 1. The van der Waals surface area contributed by atoms with Gasteiger partial charge in [-0.05, 0) is 60.9 Å². The lowest BCUT2D eigenvalue weighted by Gasteiger charge is -2.09. The van der Waals surface area contributed by atoms with E-state index in [1.807, 2.05) is 37.3 Å². The van der Waals surface area contributed by atoms with Crippen LogP contribution < -0.4 is 10.2 Å². The molecular weight excluding hydrogens is 409 g/mol. The first-order valence-corrected chi connectivity index (χ1v) is 9.75. The van der Waals surface area contributed by atoms with Crippen LogP contribution in [-0.2, 0) is 12.8 Å². The molecular formula is C23H23F3N2O3. The van der Waals surface area contributed by atoms with Gasteiger partial charge in [-0.25, -0.2) is 10.5 Å². The van der Waals surface area contributed by atoms with E-state index in [1.54, 1.807) is 6.92 Å². The van der Waals surface area contributed by atoms with E-state index in [0.717, 1.165) is 29.7 Å². The van der Waals surface area contributed by atoms with Crippen molar-refractivity contribution >= 4 is 5.57 Å². The van der Waals surface area contributed by atoms with Gasteiger partial charge in [0.05, 0.1) is 5.56 Å². The molecule has 0 unspecified atom stereocenters. The first kappa shape index (κ1) is 22.6. The van der Waals surface area contributed by atoms with E-state index >= 15 is 0 Å². The normalized spacial score (nSPS) is 12.3. The topological polar surface area (TPSA) is 67.5 Å². The van der Waals surface area contributed by atoms with Gasteiger partial charge in [0.1, 0.15) is 23.8 Å². The number of oxazole rings is 1. The summed E-state index contributed by atoms with van der Waals surface area (Å²) in [7, 11) is 0. The van der Waals surface area contributed by atoms with Gasteiger partial charge in [-0.15, -0.1) is 0 Å². The average molecular weight is 432 g/mol. The van der Waals surface area contributed by atoms with Crippen LogP contribution in [0.15, 0.2) is 59.0 Å². The molecule has 1 aromatic heterocycles. The minimum Gasteiger partial charge on any atom is -0.487 e. The van der Waals surface area contributed by atoms with Crippen LogP contribution in [0.4, 0.5) is 13.2 Å². The van der Waals surface area contributed by atoms with Crippen LogP contribution in [0.1, 0.15) is 35.9 Å². The molecule has 8 heteroatoms. The number of hydrogen-bond donors (Lipinski definition) is 2. The molecule has 0 saturated carbocycles. The van der Waals surface area contributed by atoms with Gasteiger partial charge >= 0.3 is 6.18 Å². The van der Waals surface area contributed by atoms with Crippen LogP contribution in [0.25, 0.3) is 17.0 Å². The lowest BCUT2D eigenvalue weighted by atomic mass is 10.0. The molecule has 164 valence electrons. The number of hydroxylamine groups is 1. The van der Waals surface area contributed by atoms with Crippen LogP contribution in [0, 0.1) is 6.92 Å². The van der Waals surface area contributed by atoms with Crippen molar-refractivity contribution in [1.29, 1.82) is 0 Å². The third kappa shape index (κ3) is 5.74. The third-order valence-electron chi connectivity index (χ3n) is 4.75. The van der Waals surface area contributed by atoms with Gasteiger partial charge in [-0.2, -0.15) is 13.2 Å². The van der Waals surface area contributed by atoms with Crippen LogP contribution in [-0.4, -0.2) is 16.7 Å². The lowest BCUT2D eigenvalue weighted by Crippen LogP contribution is -2.06. The largest absolute Gasteiger partial charge is 0.487 e. The number of aryl methyl sites for hydroxylation is 1. The standard InChI is InChI=1S/C23H23F3N2O3/c1-3-16(11-12-27-29)18-5-4-6-20(13-18)30-14-21-15(2)31-22(28-21)17-7-9-19(10-8-17)23(24,25)26/h4-11,13,27,29H,3,12,14H2,1-2H3/b16-11+. The molecule has 0 saturated heterocycles. The molecule has 3 aromatic rings. The Morgan fingerprint density at radius 3 is 2.58 bits per heavy atom. The molecule has 0 aliphatic heterocycles. The van der Waals surface area contributed by atoms with Crippen molar-refractivity contribution in [3.8, 4) is 17.2 Å². The van der Waals surface area contributed by atoms with Gasteiger partial charge in [-0.1, -0.05) is 25.1 Å². The summed E-state index contributed by atoms with van der Waals surface area (Å²) in [6, 6.07) is 12.2. The Labute approximate surface area is 178 Å². The molecule has 0 atom stereocenters. The molecule has 3 rings (SSSR count). The molecule has 0 radical (unpaired) electrons. The molecule has 1 heterocycles. The van der Waals surface area contributed by atoms with Gasteiger partial charge in [0.2, 0.25) is 5.89 Å². The Hall–Kier alpha value is -3.10. The van der Waals surface area contributed by atoms with E-state index in [1.165, 1.54) is 12.1 Å². The highest BCUT2D eigenvalue weighted by molar-refractivity contribution is 5.66. The Bertz CT molecular complexity index is 1040. The summed E-state index contributed by atoms with van der Waals surface area (Å²) < 4.78 is 49.7. The van der Waals surface area contributed by atoms with Crippen molar-refractivity contribution in [2.24, 2.45) is 0 Å².